The number of para-hydroxylation sites is 2. The van der Waals surface area contributed by atoms with Crippen LogP contribution < -0.4 is 15.4 Å². The molecule has 0 atom stereocenters. The number of fused-ring (bicyclic) bond motifs is 3. The monoisotopic (exact) mass is 377 g/mol. The normalized spacial score (nSPS) is 14.2. The zero-order chi connectivity index (χ0) is 19.2. The van der Waals surface area contributed by atoms with Gasteiger partial charge in [0.15, 0.2) is 5.88 Å². The van der Waals surface area contributed by atoms with E-state index in [2.05, 4.69) is 10.6 Å². The summed E-state index contributed by atoms with van der Waals surface area (Å²) in [4.78, 5) is 0. The lowest BCUT2D eigenvalue weighted by atomic mass is 10.0. The third kappa shape index (κ3) is 2.95. The molecule has 0 aliphatic carbocycles. The van der Waals surface area contributed by atoms with Gasteiger partial charge in [0.25, 0.3) is 0 Å². The summed E-state index contributed by atoms with van der Waals surface area (Å²) < 4.78 is 48.0. The van der Waals surface area contributed by atoms with Crippen molar-refractivity contribution >= 4 is 22.1 Å². The van der Waals surface area contributed by atoms with Crippen molar-refractivity contribution in [2.75, 3.05) is 19.0 Å². The molecule has 2 aromatic carbocycles. The number of hydrogen-bond donors (Lipinski definition) is 3. The fourth-order valence-corrected chi connectivity index (χ4v) is 3.55. The Labute approximate surface area is 153 Å². The van der Waals surface area contributed by atoms with Gasteiger partial charge in [0.2, 0.25) is 0 Å². The molecule has 27 heavy (non-hydrogen) atoms. The molecule has 8 heteroatoms. The molecule has 0 amide bonds. The number of aromatic hydroxyl groups is 1. The Hall–Kier alpha value is -2.87. The van der Waals surface area contributed by atoms with E-state index in [0.29, 0.717) is 42.2 Å². The van der Waals surface area contributed by atoms with Crippen LogP contribution in [0.25, 0.3) is 10.8 Å². The summed E-state index contributed by atoms with van der Waals surface area (Å²) in [5.74, 6) is 0.187. The average molecular weight is 377 g/mol. The molecule has 4 rings (SSSR count). The van der Waals surface area contributed by atoms with Crippen molar-refractivity contribution in [3.05, 3.63) is 47.7 Å². The van der Waals surface area contributed by atoms with Crippen LogP contribution in [0.4, 0.5) is 24.5 Å². The van der Waals surface area contributed by atoms with Gasteiger partial charge in [-0.25, -0.2) is 0 Å². The maximum atomic E-state index is 13.7. The summed E-state index contributed by atoms with van der Waals surface area (Å²) in [7, 11) is 1.50. The number of nitrogens with zero attached hydrogens (tertiary/aromatic N) is 1. The second kappa shape index (κ2) is 6.38. The predicted octanol–water partition coefficient (Wildman–Crippen LogP) is 4.22. The standard InChI is InChI=1S/C19H18F3N3O2/c1-27-16-5-3-2-4-14(16)24-11-8-12-15-10-23-6-7-25(15)18(26)17(12)13(9-11)19(20,21)22/h2-5,8-9,23-24,26H,6-7,10H2,1H3. The van der Waals surface area contributed by atoms with Gasteiger partial charge in [0.1, 0.15) is 5.75 Å². The molecule has 3 aromatic rings. The van der Waals surface area contributed by atoms with Crippen molar-refractivity contribution in [1.29, 1.82) is 0 Å². The van der Waals surface area contributed by atoms with Gasteiger partial charge in [-0.15, -0.1) is 0 Å². The van der Waals surface area contributed by atoms with Gasteiger partial charge in [0.05, 0.1) is 23.7 Å². The van der Waals surface area contributed by atoms with Gasteiger partial charge in [-0.2, -0.15) is 13.2 Å². The van der Waals surface area contributed by atoms with Crippen molar-refractivity contribution in [2.24, 2.45) is 0 Å². The number of methoxy groups -OCH3 is 1. The number of anilines is 2. The van der Waals surface area contributed by atoms with Crippen LogP contribution in [-0.4, -0.2) is 23.3 Å². The maximum Gasteiger partial charge on any atom is 0.417 e. The van der Waals surface area contributed by atoms with E-state index >= 15 is 0 Å². The minimum atomic E-state index is -4.60. The predicted molar refractivity (Wildman–Crippen MR) is 96.6 cm³/mol. The van der Waals surface area contributed by atoms with Crippen LogP contribution >= 0.6 is 0 Å². The first kappa shape index (κ1) is 17.5. The largest absolute Gasteiger partial charge is 0.495 e. The van der Waals surface area contributed by atoms with Gasteiger partial charge in [-0.3, -0.25) is 0 Å². The molecular formula is C19H18F3N3O2. The number of nitrogens with one attached hydrogen (secondary N) is 2. The van der Waals surface area contributed by atoms with Gasteiger partial charge in [0, 0.05) is 36.4 Å². The van der Waals surface area contributed by atoms with Crippen LogP contribution in [0.2, 0.25) is 0 Å². The van der Waals surface area contributed by atoms with E-state index in [4.69, 9.17) is 4.74 Å². The summed E-state index contributed by atoms with van der Waals surface area (Å²) in [5, 5.41) is 16.8. The summed E-state index contributed by atoms with van der Waals surface area (Å²) in [5.41, 5.74) is 0.612. The Morgan fingerprint density at radius 1 is 1.22 bits per heavy atom. The highest BCUT2D eigenvalue weighted by Crippen LogP contribution is 2.44. The molecule has 0 fully saturated rings. The highest BCUT2D eigenvalue weighted by Gasteiger charge is 2.36. The lowest BCUT2D eigenvalue weighted by Crippen LogP contribution is -2.27. The summed E-state index contributed by atoms with van der Waals surface area (Å²) >= 11 is 0. The van der Waals surface area contributed by atoms with Gasteiger partial charge >= 0.3 is 6.18 Å². The number of aromatic nitrogens is 1. The Balaban J connectivity index is 1.92. The molecule has 5 nitrogen and oxygen atoms in total. The summed E-state index contributed by atoms with van der Waals surface area (Å²) in [6.45, 7) is 1.41. The molecule has 0 spiro atoms. The second-order valence-electron chi connectivity index (χ2n) is 6.37. The van der Waals surface area contributed by atoms with Crippen LogP contribution in [0.1, 0.15) is 11.3 Å². The van der Waals surface area contributed by atoms with Crippen LogP contribution in [0, 0.1) is 0 Å². The lowest BCUT2D eigenvalue weighted by molar-refractivity contribution is -0.136. The van der Waals surface area contributed by atoms with Gasteiger partial charge in [-0.05, 0) is 24.3 Å². The molecule has 142 valence electrons. The smallest absolute Gasteiger partial charge is 0.417 e. The van der Waals surface area contributed by atoms with E-state index in [1.54, 1.807) is 34.9 Å². The van der Waals surface area contributed by atoms with Crippen LogP contribution in [-0.2, 0) is 19.3 Å². The molecule has 1 aromatic heterocycles. The van der Waals surface area contributed by atoms with E-state index in [0.717, 1.165) is 6.07 Å². The molecule has 1 aliphatic heterocycles. The van der Waals surface area contributed by atoms with E-state index < -0.39 is 11.7 Å². The number of benzene rings is 2. The Bertz CT molecular complexity index is 1010. The Morgan fingerprint density at radius 2 is 2.00 bits per heavy atom. The minimum Gasteiger partial charge on any atom is -0.495 e. The third-order valence-electron chi connectivity index (χ3n) is 4.75. The third-order valence-corrected chi connectivity index (χ3v) is 4.75. The molecular weight excluding hydrogens is 359 g/mol. The number of rotatable bonds is 3. The van der Waals surface area contributed by atoms with Crippen LogP contribution in [0.5, 0.6) is 11.6 Å². The second-order valence-corrected chi connectivity index (χ2v) is 6.37. The first-order valence-corrected chi connectivity index (χ1v) is 8.46. The van der Waals surface area contributed by atoms with Crippen molar-refractivity contribution in [2.45, 2.75) is 19.3 Å². The van der Waals surface area contributed by atoms with Crippen LogP contribution in [0.3, 0.4) is 0 Å². The molecule has 0 unspecified atom stereocenters. The summed E-state index contributed by atoms with van der Waals surface area (Å²) in [6.07, 6.45) is -4.60. The van der Waals surface area contributed by atoms with Crippen molar-refractivity contribution in [3.63, 3.8) is 0 Å². The van der Waals surface area contributed by atoms with Crippen molar-refractivity contribution in [3.8, 4) is 11.6 Å². The number of alkyl halides is 3. The zero-order valence-electron chi connectivity index (χ0n) is 14.5. The molecule has 0 saturated heterocycles. The fraction of sp³-hybridized carbons (Fsp3) is 0.263. The topological polar surface area (TPSA) is 58.4 Å². The van der Waals surface area contributed by atoms with E-state index in [1.165, 1.54) is 7.11 Å². The zero-order valence-corrected chi connectivity index (χ0v) is 14.5. The minimum absolute atomic E-state index is 0.160. The first-order chi connectivity index (χ1) is 12.9. The highest BCUT2D eigenvalue weighted by atomic mass is 19.4. The van der Waals surface area contributed by atoms with Gasteiger partial charge < -0.3 is 25.0 Å². The average Bonchev–Trinajstić information content (AvgIpc) is 2.94. The molecule has 2 heterocycles. The van der Waals surface area contributed by atoms with Crippen molar-refractivity contribution in [1.82, 2.24) is 9.88 Å². The quantitative estimate of drug-likeness (QED) is 0.640. The van der Waals surface area contributed by atoms with E-state index in [-0.39, 0.29) is 17.0 Å². The lowest BCUT2D eigenvalue weighted by Gasteiger charge is -2.17. The molecule has 0 radical (unpaired) electrons. The summed E-state index contributed by atoms with van der Waals surface area (Å²) in [6, 6.07) is 9.65. The molecule has 3 N–H and O–H groups in total. The number of ether oxygens (including phenoxy) is 1. The van der Waals surface area contributed by atoms with E-state index in [9.17, 15) is 18.3 Å². The van der Waals surface area contributed by atoms with Crippen LogP contribution in [0.15, 0.2) is 36.4 Å². The van der Waals surface area contributed by atoms with E-state index in [1.807, 2.05) is 0 Å². The first-order valence-electron chi connectivity index (χ1n) is 8.46. The van der Waals surface area contributed by atoms with Gasteiger partial charge in [-0.1, -0.05) is 12.1 Å². The Morgan fingerprint density at radius 3 is 2.74 bits per heavy atom. The highest BCUT2D eigenvalue weighted by molar-refractivity contribution is 5.97. The molecule has 0 saturated carbocycles. The molecule has 1 aliphatic rings. The number of hydrogen-bond acceptors (Lipinski definition) is 4. The number of halogens is 3. The van der Waals surface area contributed by atoms with Crippen molar-refractivity contribution < 1.29 is 23.0 Å². The fourth-order valence-electron chi connectivity index (χ4n) is 3.55. The maximum absolute atomic E-state index is 13.7. The Kier molecular flexibility index (Phi) is 4.15. The SMILES string of the molecule is COc1ccccc1Nc1cc(C(F)(F)F)c2c(O)n3c(c2c1)CNCC3. The molecule has 0 bridgehead atoms.